The van der Waals surface area contributed by atoms with Crippen molar-refractivity contribution in [1.29, 1.82) is 0 Å². The van der Waals surface area contributed by atoms with Crippen LogP contribution in [-0.2, 0) is 9.47 Å². The van der Waals surface area contributed by atoms with Crippen LogP contribution in [0.5, 0.6) is 5.75 Å². The van der Waals surface area contributed by atoms with Crippen LogP contribution in [0.25, 0.3) is 0 Å². The largest absolute Gasteiger partial charge is 0.486 e. The number of carboxylic acid groups (broad SMARTS) is 1. The Kier molecular flexibility index (Phi) is 5.10. The topological polar surface area (TPSA) is 94.1 Å². The maximum atomic E-state index is 11.9. The van der Waals surface area contributed by atoms with Crippen molar-refractivity contribution in [3.8, 4) is 5.75 Å². The summed E-state index contributed by atoms with van der Waals surface area (Å²) < 4.78 is 16.2. The number of aromatic carboxylic acids is 1. The Hall–Kier alpha value is -2.28. The molecule has 7 heteroatoms. The summed E-state index contributed by atoms with van der Waals surface area (Å²) in [7, 11) is 0. The van der Waals surface area contributed by atoms with Crippen molar-refractivity contribution in [3.63, 3.8) is 0 Å². The Morgan fingerprint density at radius 2 is 2.09 bits per heavy atom. The number of carbonyl (C=O) groups excluding carboxylic acids is 1. The molecule has 0 bridgehead atoms. The molecular weight excluding hydrogens is 302 g/mol. The average molecular weight is 323 g/mol. The summed E-state index contributed by atoms with van der Waals surface area (Å²) in [6.07, 6.45) is -0.0882. The number of benzene rings is 1. The predicted octanol–water partition coefficient (Wildman–Crippen LogP) is 2.90. The van der Waals surface area contributed by atoms with Crippen molar-refractivity contribution in [2.24, 2.45) is 0 Å². The molecule has 1 aliphatic rings. The van der Waals surface area contributed by atoms with Crippen LogP contribution in [0.3, 0.4) is 0 Å². The molecule has 1 atom stereocenters. The molecule has 2 N–H and O–H groups in total. The lowest BCUT2D eigenvalue weighted by Gasteiger charge is -2.21. The standard InChI is InChI=1S/C16H21NO6/c1-16(2,3)23-15(20)17-12-5-4-10(14(18)19)8-13(12)22-11-6-7-21-9-11/h4-5,8,11H,6-7,9H2,1-3H3,(H,17,20)(H,18,19). The van der Waals surface area contributed by atoms with Crippen LogP contribution in [0.2, 0.25) is 0 Å². The van der Waals surface area contributed by atoms with E-state index in [2.05, 4.69) is 5.32 Å². The SMILES string of the molecule is CC(C)(C)OC(=O)Nc1ccc(C(=O)O)cc1OC1CCOC1. The lowest BCUT2D eigenvalue weighted by molar-refractivity contribution is 0.0633. The van der Waals surface area contributed by atoms with Gasteiger partial charge in [-0.2, -0.15) is 0 Å². The van der Waals surface area contributed by atoms with Gasteiger partial charge in [-0.05, 0) is 39.0 Å². The molecule has 126 valence electrons. The summed E-state index contributed by atoms with van der Waals surface area (Å²) in [6, 6.07) is 4.26. The highest BCUT2D eigenvalue weighted by atomic mass is 16.6. The molecule has 1 unspecified atom stereocenters. The Morgan fingerprint density at radius 3 is 2.65 bits per heavy atom. The third-order valence-corrected chi connectivity index (χ3v) is 3.05. The molecule has 1 aliphatic heterocycles. The van der Waals surface area contributed by atoms with Gasteiger partial charge in [-0.25, -0.2) is 9.59 Å². The van der Waals surface area contributed by atoms with Gasteiger partial charge < -0.3 is 19.3 Å². The quantitative estimate of drug-likeness (QED) is 0.885. The van der Waals surface area contributed by atoms with E-state index in [1.807, 2.05) is 0 Å². The molecule has 0 aliphatic carbocycles. The molecule has 0 radical (unpaired) electrons. The van der Waals surface area contributed by atoms with Crippen molar-refractivity contribution in [2.75, 3.05) is 18.5 Å². The first-order valence-corrected chi connectivity index (χ1v) is 7.36. The van der Waals surface area contributed by atoms with E-state index >= 15 is 0 Å². The van der Waals surface area contributed by atoms with Crippen LogP contribution in [0.4, 0.5) is 10.5 Å². The summed E-state index contributed by atoms with van der Waals surface area (Å²) in [5.41, 5.74) is -0.199. The lowest BCUT2D eigenvalue weighted by atomic mass is 10.2. The van der Waals surface area contributed by atoms with Gasteiger partial charge in [-0.15, -0.1) is 0 Å². The van der Waals surface area contributed by atoms with Gasteiger partial charge in [0.2, 0.25) is 0 Å². The molecule has 1 fully saturated rings. The van der Waals surface area contributed by atoms with Crippen molar-refractivity contribution in [1.82, 2.24) is 0 Å². The summed E-state index contributed by atoms with van der Waals surface area (Å²) in [5.74, 6) is -0.785. The second kappa shape index (κ2) is 6.87. The Labute approximate surface area is 134 Å². The van der Waals surface area contributed by atoms with Crippen molar-refractivity contribution < 1.29 is 28.9 Å². The second-order valence-electron chi connectivity index (χ2n) is 6.25. The maximum absolute atomic E-state index is 11.9. The number of carbonyl (C=O) groups is 2. The summed E-state index contributed by atoms with van der Waals surface area (Å²) in [5, 5.41) is 11.7. The van der Waals surface area contributed by atoms with E-state index in [4.69, 9.17) is 19.3 Å². The number of ether oxygens (including phenoxy) is 3. The van der Waals surface area contributed by atoms with E-state index in [0.717, 1.165) is 0 Å². The minimum Gasteiger partial charge on any atom is -0.486 e. The maximum Gasteiger partial charge on any atom is 0.412 e. The first kappa shape index (κ1) is 17.1. The number of carboxylic acids is 1. The highest BCUT2D eigenvalue weighted by Gasteiger charge is 2.22. The molecule has 0 saturated carbocycles. The lowest BCUT2D eigenvalue weighted by Crippen LogP contribution is -2.27. The van der Waals surface area contributed by atoms with E-state index in [9.17, 15) is 9.59 Å². The third kappa shape index (κ3) is 5.14. The fraction of sp³-hybridized carbons (Fsp3) is 0.500. The zero-order valence-corrected chi connectivity index (χ0v) is 13.4. The molecule has 2 rings (SSSR count). The molecule has 7 nitrogen and oxygen atoms in total. The molecule has 1 aromatic rings. The fourth-order valence-electron chi connectivity index (χ4n) is 2.06. The van der Waals surface area contributed by atoms with Gasteiger partial charge in [-0.1, -0.05) is 0 Å². The number of hydrogen-bond donors (Lipinski definition) is 2. The molecular formula is C16H21NO6. The van der Waals surface area contributed by atoms with Gasteiger partial charge in [0.1, 0.15) is 17.5 Å². The number of rotatable bonds is 4. The Morgan fingerprint density at radius 1 is 1.35 bits per heavy atom. The van der Waals surface area contributed by atoms with Gasteiger partial charge in [0, 0.05) is 6.42 Å². The Balaban J connectivity index is 2.19. The zero-order chi connectivity index (χ0) is 17.0. The van der Waals surface area contributed by atoms with Crippen LogP contribution >= 0.6 is 0 Å². The van der Waals surface area contributed by atoms with E-state index in [0.29, 0.717) is 25.3 Å². The summed E-state index contributed by atoms with van der Waals surface area (Å²) in [6.45, 7) is 6.30. The molecule has 1 amide bonds. The smallest absolute Gasteiger partial charge is 0.412 e. The average Bonchev–Trinajstić information content (AvgIpc) is 2.91. The van der Waals surface area contributed by atoms with Gasteiger partial charge in [0.25, 0.3) is 0 Å². The Bertz CT molecular complexity index is 587. The highest BCUT2D eigenvalue weighted by Crippen LogP contribution is 2.29. The van der Waals surface area contributed by atoms with Crippen LogP contribution < -0.4 is 10.1 Å². The van der Waals surface area contributed by atoms with Crippen molar-refractivity contribution in [3.05, 3.63) is 23.8 Å². The van der Waals surface area contributed by atoms with Crippen molar-refractivity contribution in [2.45, 2.75) is 38.9 Å². The van der Waals surface area contributed by atoms with Crippen LogP contribution in [-0.4, -0.2) is 42.1 Å². The van der Waals surface area contributed by atoms with Gasteiger partial charge in [-0.3, -0.25) is 5.32 Å². The minimum atomic E-state index is -1.07. The molecule has 0 aromatic heterocycles. The van der Waals surface area contributed by atoms with Crippen LogP contribution in [0.1, 0.15) is 37.6 Å². The summed E-state index contributed by atoms with van der Waals surface area (Å²) in [4.78, 5) is 23.0. The van der Waals surface area contributed by atoms with E-state index in [1.54, 1.807) is 20.8 Å². The van der Waals surface area contributed by atoms with Gasteiger partial charge >= 0.3 is 12.1 Å². The number of anilines is 1. The summed E-state index contributed by atoms with van der Waals surface area (Å²) >= 11 is 0. The molecule has 1 aromatic carbocycles. The number of amides is 1. The van der Waals surface area contributed by atoms with Gasteiger partial charge in [0.05, 0.1) is 24.5 Å². The first-order chi connectivity index (χ1) is 10.7. The molecule has 23 heavy (non-hydrogen) atoms. The number of nitrogens with one attached hydrogen (secondary N) is 1. The highest BCUT2D eigenvalue weighted by molar-refractivity contribution is 5.92. The van der Waals surface area contributed by atoms with E-state index in [-0.39, 0.29) is 17.4 Å². The fourth-order valence-corrected chi connectivity index (χ4v) is 2.06. The number of hydrogen-bond acceptors (Lipinski definition) is 5. The third-order valence-electron chi connectivity index (χ3n) is 3.05. The van der Waals surface area contributed by atoms with E-state index < -0.39 is 17.7 Å². The van der Waals surface area contributed by atoms with Crippen molar-refractivity contribution >= 4 is 17.7 Å². The monoisotopic (exact) mass is 323 g/mol. The molecule has 0 spiro atoms. The first-order valence-electron chi connectivity index (χ1n) is 7.36. The molecule has 1 heterocycles. The normalized spacial score (nSPS) is 17.6. The van der Waals surface area contributed by atoms with Crippen LogP contribution in [0.15, 0.2) is 18.2 Å². The predicted molar refractivity (Wildman–Crippen MR) is 83.1 cm³/mol. The minimum absolute atomic E-state index is 0.0775. The van der Waals surface area contributed by atoms with E-state index in [1.165, 1.54) is 18.2 Å². The van der Waals surface area contributed by atoms with Gasteiger partial charge in [0.15, 0.2) is 0 Å². The molecule has 1 saturated heterocycles. The second-order valence-corrected chi connectivity index (χ2v) is 6.25. The zero-order valence-electron chi connectivity index (χ0n) is 13.4. The van der Waals surface area contributed by atoms with Crippen LogP contribution in [0, 0.1) is 0 Å².